The molecule has 0 unspecified atom stereocenters. The van der Waals surface area contributed by atoms with Gasteiger partial charge in [0.2, 0.25) is 0 Å². The van der Waals surface area contributed by atoms with E-state index >= 15 is 0 Å². The molecule has 3 rings (SSSR count). The minimum absolute atomic E-state index is 0.686. The van der Waals surface area contributed by atoms with Crippen LogP contribution in [-0.4, -0.2) is 19.2 Å². The molecule has 1 heterocycles. The van der Waals surface area contributed by atoms with Crippen LogP contribution in [0, 0.1) is 6.92 Å². The standard InChI is InChI=1S/C16H14ClNO2/c1-9-6-13-12(8-15(9)20-3)16(17)11-5-4-10(19-2)7-14(11)18-13/h4-8H,1-3H3. The van der Waals surface area contributed by atoms with Crippen molar-refractivity contribution in [2.24, 2.45) is 0 Å². The predicted molar refractivity (Wildman–Crippen MR) is 82.1 cm³/mol. The Kier molecular flexibility index (Phi) is 3.14. The van der Waals surface area contributed by atoms with E-state index in [1.165, 1.54) is 0 Å². The molecule has 0 spiro atoms. The van der Waals surface area contributed by atoms with Crippen molar-refractivity contribution in [1.29, 1.82) is 0 Å². The van der Waals surface area contributed by atoms with E-state index in [4.69, 9.17) is 21.1 Å². The Hall–Kier alpha value is -2.00. The highest BCUT2D eigenvalue weighted by atomic mass is 35.5. The van der Waals surface area contributed by atoms with Crippen molar-refractivity contribution in [3.8, 4) is 11.5 Å². The van der Waals surface area contributed by atoms with Crippen molar-refractivity contribution in [3.05, 3.63) is 40.9 Å². The molecule has 0 aliphatic heterocycles. The second-order valence-corrected chi connectivity index (χ2v) is 5.03. The Bertz CT molecular complexity index is 815. The zero-order valence-corrected chi connectivity index (χ0v) is 12.3. The van der Waals surface area contributed by atoms with E-state index in [2.05, 4.69) is 4.98 Å². The molecule has 3 nitrogen and oxygen atoms in total. The lowest BCUT2D eigenvalue weighted by Gasteiger charge is -2.10. The second-order valence-electron chi connectivity index (χ2n) is 4.65. The van der Waals surface area contributed by atoms with Gasteiger partial charge in [0.1, 0.15) is 11.5 Å². The van der Waals surface area contributed by atoms with Gasteiger partial charge in [-0.2, -0.15) is 0 Å². The van der Waals surface area contributed by atoms with Crippen molar-refractivity contribution in [2.75, 3.05) is 14.2 Å². The summed E-state index contributed by atoms with van der Waals surface area (Å²) in [5.41, 5.74) is 2.71. The monoisotopic (exact) mass is 287 g/mol. The first kappa shape index (κ1) is 13.0. The van der Waals surface area contributed by atoms with Crippen LogP contribution >= 0.6 is 11.6 Å². The van der Waals surface area contributed by atoms with Gasteiger partial charge in [0.15, 0.2) is 0 Å². The molecule has 1 aromatic heterocycles. The molecule has 102 valence electrons. The van der Waals surface area contributed by atoms with Crippen LogP contribution in [-0.2, 0) is 0 Å². The van der Waals surface area contributed by atoms with Crippen LogP contribution in [0.3, 0.4) is 0 Å². The van der Waals surface area contributed by atoms with Crippen molar-refractivity contribution >= 4 is 33.4 Å². The van der Waals surface area contributed by atoms with Crippen molar-refractivity contribution in [2.45, 2.75) is 6.92 Å². The molecule has 20 heavy (non-hydrogen) atoms. The molecule has 0 radical (unpaired) electrons. The van der Waals surface area contributed by atoms with Crippen LogP contribution < -0.4 is 9.47 Å². The summed E-state index contributed by atoms with van der Waals surface area (Å²) < 4.78 is 10.6. The van der Waals surface area contributed by atoms with E-state index in [9.17, 15) is 0 Å². The van der Waals surface area contributed by atoms with Gasteiger partial charge < -0.3 is 9.47 Å². The summed E-state index contributed by atoms with van der Waals surface area (Å²) in [4.78, 5) is 4.66. The largest absolute Gasteiger partial charge is 0.497 e. The summed E-state index contributed by atoms with van der Waals surface area (Å²) >= 11 is 6.51. The molecule has 0 saturated carbocycles. The Morgan fingerprint density at radius 2 is 1.70 bits per heavy atom. The number of ether oxygens (including phenoxy) is 2. The molecule has 0 atom stereocenters. The van der Waals surface area contributed by atoms with Gasteiger partial charge >= 0.3 is 0 Å². The molecule has 0 saturated heterocycles. The molecular formula is C16H14ClNO2. The van der Waals surface area contributed by atoms with Gasteiger partial charge in [-0.25, -0.2) is 4.98 Å². The zero-order valence-electron chi connectivity index (χ0n) is 11.5. The van der Waals surface area contributed by atoms with E-state index < -0.39 is 0 Å². The Morgan fingerprint density at radius 1 is 0.950 bits per heavy atom. The van der Waals surface area contributed by atoms with Crippen LogP contribution in [0.15, 0.2) is 30.3 Å². The van der Waals surface area contributed by atoms with E-state index in [-0.39, 0.29) is 0 Å². The number of halogens is 1. The first-order chi connectivity index (χ1) is 9.63. The lowest BCUT2D eigenvalue weighted by atomic mass is 10.1. The molecule has 4 heteroatoms. The van der Waals surface area contributed by atoms with Crippen molar-refractivity contribution < 1.29 is 9.47 Å². The number of methoxy groups -OCH3 is 2. The van der Waals surface area contributed by atoms with Crippen LogP contribution in [0.4, 0.5) is 0 Å². The summed E-state index contributed by atoms with van der Waals surface area (Å²) in [6.07, 6.45) is 0. The van der Waals surface area contributed by atoms with E-state index in [1.807, 2.05) is 37.3 Å². The number of benzene rings is 2. The number of rotatable bonds is 2. The summed E-state index contributed by atoms with van der Waals surface area (Å²) in [6.45, 7) is 1.99. The highest BCUT2D eigenvalue weighted by molar-refractivity contribution is 6.40. The quantitative estimate of drug-likeness (QED) is 0.656. The molecular weight excluding hydrogens is 274 g/mol. The van der Waals surface area contributed by atoms with Crippen LogP contribution in [0.25, 0.3) is 21.8 Å². The number of pyridine rings is 1. The van der Waals surface area contributed by atoms with E-state index in [0.29, 0.717) is 5.02 Å². The predicted octanol–water partition coefficient (Wildman–Crippen LogP) is 4.37. The maximum atomic E-state index is 6.51. The summed E-state index contributed by atoms with van der Waals surface area (Å²) in [6, 6.07) is 9.62. The smallest absolute Gasteiger partial charge is 0.122 e. The number of hydrogen-bond acceptors (Lipinski definition) is 3. The number of fused-ring (bicyclic) bond motifs is 2. The molecule has 0 N–H and O–H groups in total. The van der Waals surface area contributed by atoms with Crippen molar-refractivity contribution in [1.82, 2.24) is 4.98 Å². The maximum Gasteiger partial charge on any atom is 0.122 e. The topological polar surface area (TPSA) is 31.4 Å². The molecule has 2 aromatic carbocycles. The fourth-order valence-electron chi connectivity index (χ4n) is 2.35. The van der Waals surface area contributed by atoms with Gasteiger partial charge in [0, 0.05) is 16.8 Å². The number of hydrogen-bond donors (Lipinski definition) is 0. The van der Waals surface area contributed by atoms with Gasteiger partial charge in [-0.05, 0) is 36.8 Å². The summed E-state index contributed by atoms with van der Waals surface area (Å²) in [5.74, 6) is 1.58. The number of aryl methyl sites for hydroxylation is 1. The SMILES string of the molecule is COc1ccc2c(Cl)c3cc(OC)c(C)cc3nc2c1. The molecule has 3 aromatic rings. The minimum atomic E-state index is 0.686. The Morgan fingerprint density at radius 3 is 2.40 bits per heavy atom. The number of aromatic nitrogens is 1. The number of nitrogens with zero attached hydrogens (tertiary/aromatic N) is 1. The summed E-state index contributed by atoms with van der Waals surface area (Å²) in [7, 11) is 3.29. The average molecular weight is 288 g/mol. The summed E-state index contributed by atoms with van der Waals surface area (Å²) in [5, 5.41) is 2.49. The maximum absolute atomic E-state index is 6.51. The normalized spacial score (nSPS) is 11.0. The van der Waals surface area contributed by atoms with Gasteiger partial charge in [-0.15, -0.1) is 0 Å². The Balaban J connectivity index is 2.40. The third-order valence-corrected chi connectivity index (χ3v) is 3.84. The first-order valence-electron chi connectivity index (χ1n) is 6.25. The lowest BCUT2D eigenvalue weighted by molar-refractivity contribution is 0.412. The van der Waals surface area contributed by atoms with Crippen molar-refractivity contribution in [3.63, 3.8) is 0 Å². The Labute approximate surface area is 122 Å². The van der Waals surface area contributed by atoms with Gasteiger partial charge in [0.05, 0.1) is 30.3 Å². The fraction of sp³-hybridized carbons (Fsp3) is 0.188. The van der Waals surface area contributed by atoms with Gasteiger partial charge in [0.25, 0.3) is 0 Å². The molecule has 0 amide bonds. The highest BCUT2D eigenvalue weighted by Gasteiger charge is 2.11. The van der Waals surface area contributed by atoms with Gasteiger partial charge in [-0.3, -0.25) is 0 Å². The van der Waals surface area contributed by atoms with Crippen LogP contribution in [0.1, 0.15) is 5.56 Å². The molecule has 0 aliphatic carbocycles. The molecule has 0 fully saturated rings. The average Bonchev–Trinajstić information content (AvgIpc) is 2.46. The van der Waals surface area contributed by atoms with E-state index in [1.54, 1.807) is 14.2 Å². The highest BCUT2D eigenvalue weighted by Crippen LogP contribution is 2.35. The third kappa shape index (κ3) is 1.95. The van der Waals surface area contributed by atoms with Crippen LogP contribution in [0.2, 0.25) is 5.02 Å². The minimum Gasteiger partial charge on any atom is -0.497 e. The lowest BCUT2D eigenvalue weighted by Crippen LogP contribution is -1.91. The molecule has 0 bridgehead atoms. The third-order valence-electron chi connectivity index (χ3n) is 3.43. The van der Waals surface area contributed by atoms with Gasteiger partial charge in [-0.1, -0.05) is 11.6 Å². The first-order valence-corrected chi connectivity index (χ1v) is 6.63. The zero-order chi connectivity index (χ0) is 14.3. The fourth-order valence-corrected chi connectivity index (χ4v) is 2.66. The molecule has 0 aliphatic rings. The van der Waals surface area contributed by atoms with Crippen LogP contribution in [0.5, 0.6) is 11.5 Å². The van der Waals surface area contributed by atoms with E-state index in [0.717, 1.165) is 38.9 Å². The second kappa shape index (κ2) is 4.84.